The Morgan fingerprint density at radius 3 is 2.24 bits per heavy atom. The maximum atomic E-state index is 14.2. The number of rotatable bonds is 7. The number of hydrogen-bond acceptors (Lipinski definition) is 4. The fourth-order valence-corrected chi connectivity index (χ4v) is 2.97. The van der Waals surface area contributed by atoms with Crippen molar-refractivity contribution in [3.8, 4) is 11.5 Å². The van der Waals surface area contributed by atoms with E-state index in [1.807, 2.05) is 0 Å². The van der Waals surface area contributed by atoms with Gasteiger partial charge in [0.2, 0.25) is 0 Å². The average molecular weight is 398 g/mol. The Morgan fingerprint density at radius 1 is 0.931 bits per heavy atom. The van der Waals surface area contributed by atoms with Crippen LogP contribution in [-0.4, -0.2) is 30.0 Å². The van der Waals surface area contributed by atoms with E-state index in [0.29, 0.717) is 11.5 Å². The molecule has 150 valence electrons. The molecular formula is C22H20F2N2O3. The van der Waals surface area contributed by atoms with Crippen LogP contribution in [0, 0.1) is 11.6 Å². The number of hydrogen-bond donors (Lipinski definition) is 0. The summed E-state index contributed by atoms with van der Waals surface area (Å²) in [6.45, 7) is 0.247. The molecule has 7 heteroatoms. The van der Waals surface area contributed by atoms with E-state index in [9.17, 15) is 13.6 Å². The van der Waals surface area contributed by atoms with Gasteiger partial charge in [-0.15, -0.1) is 0 Å². The van der Waals surface area contributed by atoms with Crippen LogP contribution in [0.25, 0.3) is 0 Å². The van der Waals surface area contributed by atoms with Gasteiger partial charge in [0.15, 0.2) is 11.5 Å². The standard InChI is InChI=1S/C22H20F2N2O3/c1-28-19-9-8-15(11-20(19)29-2)13-26(14-16-5-4-10-25-12-16)22(27)21-17(23)6-3-7-18(21)24/h3-12H,13-14H2,1-2H3. The van der Waals surface area contributed by atoms with Crippen LogP contribution >= 0.6 is 0 Å². The molecule has 0 N–H and O–H groups in total. The van der Waals surface area contributed by atoms with Crippen molar-refractivity contribution in [1.29, 1.82) is 0 Å². The number of pyridine rings is 1. The minimum absolute atomic E-state index is 0.113. The Labute approximate surface area is 167 Å². The predicted octanol–water partition coefficient (Wildman–Crippen LogP) is 4.22. The Balaban J connectivity index is 1.96. The van der Waals surface area contributed by atoms with E-state index in [4.69, 9.17) is 9.47 Å². The van der Waals surface area contributed by atoms with Crippen LogP contribution < -0.4 is 9.47 Å². The lowest BCUT2D eigenvalue weighted by atomic mass is 10.1. The molecule has 0 fully saturated rings. The second kappa shape index (κ2) is 9.14. The van der Waals surface area contributed by atoms with E-state index in [1.54, 1.807) is 42.7 Å². The van der Waals surface area contributed by atoms with Crippen LogP contribution in [0.2, 0.25) is 0 Å². The Bertz CT molecular complexity index is 976. The largest absolute Gasteiger partial charge is 0.493 e. The van der Waals surface area contributed by atoms with Crippen molar-refractivity contribution in [2.24, 2.45) is 0 Å². The number of carbonyl (C=O) groups excluding carboxylic acids is 1. The van der Waals surface area contributed by atoms with Crippen LogP contribution in [0.4, 0.5) is 8.78 Å². The topological polar surface area (TPSA) is 51.7 Å². The van der Waals surface area contributed by atoms with Crippen molar-refractivity contribution < 1.29 is 23.0 Å². The lowest BCUT2D eigenvalue weighted by Gasteiger charge is -2.24. The molecule has 0 saturated carbocycles. The van der Waals surface area contributed by atoms with Crippen LogP contribution in [-0.2, 0) is 13.1 Å². The highest BCUT2D eigenvalue weighted by molar-refractivity contribution is 5.94. The van der Waals surface area contributed by atoms with E-state index < -0.39 is 23.1 Å². The number of benzene rings is 2. The maximum absolute atomic E-state index is 14.2. The lowest BCUT2D eigenvalue weighted by Crippen LogP contribution is -2.31. The molecule has 0 saturated heterocycles. The first-order valence-electron chi connectivity index (χ1n) is 8.86. The Kier molecular flexibility index (Phi) is 6.39. The number of carbonyl (C=O) groups is 1. The first-order valence-corrected chi connectivity index (χ1v) is 8.86. The van der Waals surface area contributed by atoms with Gasteiger partial charge in [-0.25, -0.2) is 8.78 Å². The smallest absolute Gasteiger partial charge is 0.260 e. The number of amides is 1. The van der Waals surface area contributed by atoms with Gasteiger partial charge in [-0.2, -0.15) is 0 Å². The predicted molar refractivity (Wildman–Crippen MR) is 104 cm³/mol. The monoisotopic (exact) mass is 398 g/mol. The summed E-state index contributed by atoms with van der Waals surface area (Å²) in [6, 6.07) is 12.1. The first kappa shape index (κ1) is 20.3. The number of halogens is 2. The summed E-state index contributed by atoms with van der Waals surface area (Å²) in [4.78, 5) is 18.4. The van der Waals surface area contributed by atoms with E-state index >= 15 is 0 Å². The highest BCUT2D eigenvalue weighted by atomic mass is 19.1. The third-order valence-electron chi connectivity index (χ3n) is 4.38. The molecule has 0 bridgehead atoms. The van der Waals surface area contributed by atoms with Crippen molar-refractivity contribution in [2.45, 2.75) is 13.1 Å². The summed E-state index contributed by atoms with van der Waals surface area (Å²) in [5, 5.41) is 0. The molecule has 2 aromatic carbocycles. The first-order chi connectivity index (χ1) is 14.0. The van der Waals surface area contributed by atoms with Crippen LogP contribution in [0.3, 0.4) is 0 Å². The molecule has 0 aliphatic carbocycles. The van der Waals surface area contributed by atoms with Crippen molar-refractivity contribution in [2.75, 3.05) is 14.2 Å². The summed E-state index contributed by atoms with van der Waals surface area (Å²) in [5.41, 5.74) is 0.867. The molecule has 3 rings (SSSR count). The quantitative estimate of drug-likeness (QED) is 0.598. The van der Waals surface area contributed by atoms with E-state index in [2.05, 4.69) is 4.98 Å². The third-order valence-corrected chi connectivity index (χ3v) is 4.38. The minimum Gasteiger partial charge on any atom is -0.493 e. The molecular weight excluding hydrogens is 378 g/mol. The second-order valence-corrected chi connectivity index (χ2v) is 6.31. The van der Waals surface area contributed by atoms with Crippen molar-refractivity contribution in [1.82, 2.24) is 9.88 Å². The molecule has 0 unspecified atom stereocenters. The van der Waals surface area contributed by atoms with Crippen LogP contribution in [0.1, 0.15) is 21.5 Å². The molecule has 0 spiro atoms. The van der Waals surface area contributed by atoms with Gasteiger partial charge in [-0.3, -0.25) is 9.78 Å². The average Bonchev–Trinajstić information content (AvgIpc) is 2.73. The van der Waals surface area contributed by atoms with Crippen LogP contribution in [0.15, 0.2) is 60.9 Å². The van der Waals surface area contributed by atoms with Gasteiger partial charge in [-0.05, 0) is 41.5 Å². The van der Waals surface area contributed by atoms with Crippen molar-refractivity contribution >= 4 is 5.91 Å². The van der Waals surface area contributed by atoms with Gasteiger partial charge in [0, 0.05) is 25.5 Å². The van der Waals surface area contributed by atoms with Crippen molar-refractivity contribution in [3.63, 3.8) is 0 Å². The van der Waals surface area contributed by atoms with Gasteiger partial charge in [-0.1, -0.05) is 18.2 Å². The van der Waals surface area contributed by atoms with Gasteiger partial charge < -0.3 is 14.4 Å². The highest BCUT2D eigenvalue weighted by Crippen LogP contribution is 2.28. The molecule has 0 radical (unpaired) electrons. The molecule has 29 heavy (non-hydrogen) atoms. The highest BCUT2D eigenvalue weighted by Gasteiger charge is 2.24. The summed E-state index contributed by atoms with van der Waals surface area (Å²) < 4.78 is 39.0. The summed E-state index contributed by atoms with van der Waals surface area (Å²) in [7, 11) is 3.03. The molecule has 0 aliphatic heterocycles. The Hall–Kier alpha value is -3.48. The normalized spacial score (nSPS) is 10.5. The maximum Gasteiger partial charge on any atom is 0.260 e. The van der Waals surface area contributed by atoms with Gasteiger partial charge in [0.1, 0.15) is 17.2 Å². The van der Waals surface area contributed by atoms with Gasteiger partial charge >= 0.3 is 0 Å². The second-order valence-electron chi connectivity index (χ2n) is 6.31. The van der Waals surface area contributed by atoms with Crippen LogP contribution in [0.5, 0.6) is 11.5 Å². The number of methoxy groups -OCH3 is 2. The fourth-order valence-electron chi connectivity index (χ4n) is 2.97. The zero-order chi connectivity index (χ0) is 20.8. The lowest BCUT2D eigenvalue weighted by molar-refractivity contribution is 0.0719. The zero-order valence-corrected chi connectivity index (χ0v) is 16.1. The SMILES string of the molecule is COc1ccc(CN(Cc2cccnc2)C(=O)c2c(F)cccc2F)cc1OC. The number of aromatic nitrogens is 1. The van der Waals surface area contributed by atoms with E-state index in [0.717, 1.165) is 23.3 Å². The molecule has 3 aromatic rings. The Morgan fingerprint density at radius 2 is 1.62 bits per heavy atom. The number of nitrogens with zero attached hydrogens (tertiary/aromatic N) is 2. The molecule has 5 nitrogen and oxygen atoms in total. The molecule has 1 heterocycles. The molecule has 1 amide bonds. The summed E-state index contributed by atoms with van der Waals surface area (Å²) in [6.07, 6.45) is 3.22. The van der Waals surface area contributed by atoms with E-state index in [-0.39, 0.29) is 13.1 Å². The third kappa shape index (κ3) is 4.68. The summed E-state index contributed by atoms with van der Waals surface area (Å²) in [5.74, 6) is -1.52. The minimum atomic E-state index is -0.904. The molecule has 1 aromatic heterocycles. The number of ether oxygens (including phenoxy) is 2. The fraction of sp³-hybridized carbons (Fsp3) is 0.182. The van der Waals surface area contributed by atoms with Crippen molar-refractivity contribution in [3.05, 3.63) is 89.2 Å². The zero-order valence-electron chi connectivity index (χ0n) is 16.1. The van der Waals surface area contributed by atoms with Gasteiger partial charge in [0.25, 0.3) is 5.91 Å². The van der Waals surface area contributed by atoms with E-state index in [1.165, 1.54) is 25.2 Å². The molecule has 0 aliphatic rings. The van der Waals surface area contributed by atoms with Gasteiger partial charge in [0.05, 0.1) is 14.2 Å². The molecule has 0 atom stereocenters. The summed E-state index contributed by atoms with van der Waals surface area (Å²) >= 11 is 0.